The van der Waals surface area contributed by atoms with Crippen LogP contribution in [0.3, 0.4) is 0 Å². The van der Waals surface area contributed by atoms with Crippen molar-refractivity contribution in [3.05, 3.63) is 17.7 Å². The molecular formula is C31H43N3O2. The highest BCUT2D eigenvalue weighted by Gasteiger charge is 2.56. The molecule has 0 aliphatic heterocycles. The standard InChI is InChI=1S/C31H43N3O2/c1-29(2,3)24-10-25(33-27(35)30-12-18-4-19(13-30)6-20(5-18)14-30)32-26(11-24)34-28(36)31-15-21-7-22(16-31)9-23(8-21)17-31/h10-11,18-23H,4-9,12-17H2,1-3H3,(H2,32,33,34,35,36). The molecule has 0 saturated heterocycles. The maximum absolute atomic E-state index is 13.8. The molecule has 2 N–H and O–H groups in total. The van der Waals surface area contributed by atoms with Gasteiger partial charge in [0, 0.05) is 0 Å². The summed E-state index contributed by atoms with van der Waals surface area (Å²) in [6.45, 7) is 6.53. The van der Waals surface area contributed by atoms with E-state index in [2.05, 4.69) is 31.4 Å². The number of anilines is 2. The first-order chi connectivity index (χ1) is 17.1. The van der Waals surface area contributed by atoms with Gasteiger partial charge >= 0.3 is 0 Å². The van der Waals surface area contributed by atoms with Gasteiger partial charge in [-0.15, -0.1) is 0 Å². The van der Waals surface area contributed by atoms with Crippen molar-refractivity contribution >= 4 is 23.5 Å². The number of nitrogens with one attached hydrogen (secondary N) is 2. The van der Waals surface area contributed by atoms with Crippen LogP contribution in [-0.2, 0) is 15.0 Å². The lowest BCUT2D eigenvalue weighted by molar-refractivity contribution is -0.140. The minimum Gasteiger partial charge on any atom is -0.310 e. The van der Waals surface area contributed by atoms with Gasteiger partial charge in [-0.2, -0.15) is 0 Å². The number of aromatic nitrogens is 1. The van der Waals surface area contributed by atoms with Gasteiger partial charge in [0.25, 0.3) is 0 Å². The summed E-state index contributed by atoms with van der Waals surface area (Å²) >= 11 is 0. The second-order valence-electron chi connectivity index (χ2n) is 15.2. The smallest absolute Gasteiger partial charge is 0.231 e. The summed E-state index contributed by atoms with van der Waals surface area (Å²) in [6, 6.07) is 4.05. The topological polar surface area (TPSA) is 71.1 Å². The molecule has 1 heterocycles. The average molecular weight is 490 g/mol. The van der Waals surface area contributed by atoms with E-state index in [0.29, 0.717) is 11.6 Å². The molecule has 0 atom stereocenters. The highest BCUT2D eigenvalue weighted by atomic mass is 16.2. The van der Waals surface area contributed by atoms with Crippen molar-refractivity contribution < 1.29 is 9.59 Å². The third-order valence-corrected chi connectivity index (χ3v) is 11.2. The lowest BCUT2D eigenvalue weighted by atomic mass is 9.49. The fourth-order valence-electron chi connectivity index (χ4n) is 10.4. The fourth-order valence-corrected chi connectivity index (χ4v) is 10.4. The van der Waals surface area contributed by atoms with Gasteiger partial charge < -0.3 is 10.6 Å². The van der Waals surface area contributed by atoms with E-state index in [0.717, 1.165) is 79.6 Å². The number of carbonyl (C=O) groups is 2. The first-order valence-electron chi connectivity index (χ1n) is 14.7. The molecule has 8 aliphatic carbocycles. The van der Waals surface area contributed by atoms with Gasteiger partial charge in [-0.25, -0.2) is 4.98 Å². The zero-order valence-corrected chi connectivity index (χ0v) is 22.4. The third-order valence-electron chi connectivity index (χ3n) is 11.2. The lowest BCUT2D eigenvalue weighted by Gasteiger charge is -2.55. The number of pyridine rings is 1. The fraction of sp³-hybridized carbons (Fsp3) is 0.774. The molecule has 0 spiro atoms. The molecule has 36 heavy (non-hydrogen) atoms. The molecule has 5 heteroatoms. The highest BCUT2D eigenvalue weighted by Crippen LogP contribution is 2.61. The first-order valence-corrected chi connectivity index (χ1v) is 14.7. The SMILES string of the molecule is CC(C)(C)c1cc(NC(=O)C23CC4CC(CC(C4)C2)C3)nc(NC(=O)C23CC4CC(CC(C4)C2)C3)c1. The molecule has 8 aliphatic rings. The molecule has 2 amide bonds. The van der Waals surface area contributed by atoms with Crippen LogP contribution >= 0.6 is 0 Å². The number of rotatable bonds is 4. The van der Waals surface area contributed by atoms with E-state index in [1.165, 1.54) is 38.5 Å². The van der Waals surface area contributed by atoms with Gasteiger partial charge in [-0.05, 0) is 136 Å². The monoisotopic (exact) mass is 489 g/mol. The molecular weight excluding hydrogens is 446 g/mol. The van der Waals surface area contributed by atoms with Crippen molar-refractivity contribution in [2.75, 3.05) is 10.6 Å². The van der Waals surface area contributed by atoms with E-state index in [4.69, 9.17) is 4.98 Å². The normalized spacial score (nSPS) is 42.0. The van der Waals surface area contributed by atoms with Crippen LogP contribution in [0.2, 0.25) is 0 Å². The van der Waals surface area contributed by atoms with E-state index < -0.39 is 0 Å². The first kappa shape index (κ1) is 23.2. The molecule has 5 nitrogen and oxygen atoms in total. The molecule has 0 unspecified atom stereocenters. The number of carbonyl (C=O) groups excluding carboxylic acids is 2. The van der Waals surface area contributed by atoms with Crippen LogP contribution in [0.25, 0.3) is 0 Å². The number of nitrogens with zero attached hydrogens (tertiary/aromatic N) is 1. The van der Waals surface area contributed by atoms with Crippen LogP contribution in [0.4, 0.5) is 11.6 Å². The van der Waals surface area contributed by atoms with Gasteiger partial charge in [-0.3, -0.25) is 9.59 Å². The van der Waals surface area contributed by atoms with Crippen LogP contribution < -0.4 is 10.6 Å². The lowest BCUT2D eigenvalue weighted by Crippen LogP contribution is -2.52. The number of amides is 2. The Balaban J connectivity index is 1.14. The van der Waals surface area contributed by atoms with Crippen LogP contribution in [0, 0.1) is 46.3 Å². The van der Waals surface area contributed by atoms with E-state index in [1.807, 2.05) is 12.1 Å². The summed E-state index contributed by atoms with van der Waals surface area (Å²) in [6.07, 6.45) is 14.2. The Hall–Kier alpha value is -1.91. The Bertz CT molecular complexity index is 953. The Labute approximate surface area is 216 Å². The second-order valence-corrected chi connectivity index (χ2v) is 15.2. The Kier molecular flexibility index (Phi) is 5.03. The van der Waals surface area contributed by atoms with Crippen molar-refractivity contribution in [1.82, 2.24) is 4.98 Å². The molecule has 8 saturated carbocycles. The molecule has 0 aromatic carbocycles. The van der Waals surface area contributed by atoms with Gasteiger partial charge in [0.1, 0.15) is 11.6 Å². The molecule has 0 radical (unpaired) electrons. The number of hydrogen-bond donors (Lipinski definition) is 2. The Morgan fingerprint density at radius 2 is 0.972 bits per heavy atom. The summed E-state index contributed by atoms with van der Waals surface area (Å²) in [5.41, 5.74) is 0.565. The Morgan fingerprint density at radius 1 is 0.667 bits per heavy atom. The molecule has 8 bridgehead atoms. The quantitative estimate of drug-likeness (QED) is 0.495. The van der Waals surface area contributed by atoms with Crippen LogP contribution in [0.15, 0.2) is 12.1 Å². The van der Waals surface area contributed by atoms with Crippen molar-refractivity contribution in [3.8, 4) is 0 Å². The molecule has 9 rings (SSSR count). The van der Waals surface area contributed by atoms with Crippen molar-refractivity contribution in [1.29, 1.82) is 0 Å². The number of hydrogen-bond acceptors (Lipinski definition) is 3. The van der Waals surface area contributed by atoms with Gasteiger partial charge in [0.05, 0.1) is 10.8 Å². The van der Waals surface area contributed by atoms with Crippen molar-refractivity contribution in [2.24, 2.45) is 46.3 Å². The average Bonchev–Trinajstić information content (AvgIpc) is 2.76. The van der Waals surface area contributed by atoms with E-state index in [1.54, 1.807) is 0 Å². The maximum atomic E-state index is 13.8. The maximum Gasteiger partial charge on any atom is 0.231 e. The molecule has 8 fully saturated rings. The summed E-state index contributed by atoms with van der Waals surface area (Å²) < 4.78 is 0. The van der Waals surface area contributed by atoms with E-state index in [9.17, 15) is 9.59 Å². The van der Waals surface area contributed by atoms with Crippen LogP contribution in [0.5, 0.6) is 0 Å². The Morgan fingerprint density at radius 3 is 1.25 bits per heavy atom. The summed E-state index contributed by atoms with van der Waals surface area (Å²) in [4.78, 5) is 32.3. The summed E-state index contributed by atoms with van der Waals surface area (Å²) in [5, 5.41) is 6.52. The van der Waals surface area contributed by atoms with Crippen LogP contribution in [0.1, 0.15) is 103 Å². The molecule has 1 aromatic heterocycles. The largest absolute Gasteiger partial charge is 0.310 e. The molecule has 194 valence electrons. The van der Waals surface area contributed by atoms with Crippen LogP contribution in [-0.4, -0.2) is 16.8 Å². The molecule has 1 aromatic rings. The van der Waals surface area contributed by atoms with Gasteiger partial charge in [-0.1, -0.05) is 20.8 Å². The predicted molar refractivity (Wildman–Crippen MR) is 141 cm³/mol. The third kappa shape index (κ3) is 3.82. The predicted octanol–water partition coefficient (Wildman–Crippen LogP) is 6.69. The second kappa shape index (κ2) is 7.80. The summed E-state index contributed by atoms with van der Waals surface area (Å²) in [5.74, 6) is 5.90. The summed E-state index contributed by atoms with van der Waals surface area (Å²) in [7, 11) is 0. The van der Waals surface area contributed by atoms with Gasteiger partial charge in [0.2, 0.25) is 11.8 Å². The van der Waals surface area contributed by atoms with Crippen molar-refractivity contribution in [3.63, 3.8) is 0 Å². The van der Waals surface area contributed by atoms with Crippen molar-refractivity contribution in [2.45, 2.75) is 103 Å². The van der Waals surface area contributed by atoms with E-state index in [-0.39, 0.29) is 28.1 Å². The zero-order valence-electron chi connectivity index (χ0n) is 22.4. The highest BCUT2D eigenvalue weighted by molar-refractivity contribution is 5.97. The van der Waals surface area contributed by atoms with Gasteiger partial charge in [0.15, 0.2) is 0 Å². The minimum atomic E-state index is -0.212. The minimum absolute atomic E-state index is 0.108. The zero-order chi connectivity index (χ0) is 24.9. The van der Waals surface area contributed by atoms with E-state index >= 15 is 0 Å².